The van der Waals surface area contributed by atoms with Crippen LogP contribution in [0.1, 0.15) is 11.6 Å². The fourth-order valence-corrected chi connectivity index (χ4v) is 2.89. The summed E-state index contributed by atoms with van der Waals surface area (Å²) in [6.07, 6.45) is 2.34. The summed E-state index contributed by atoms with van der Waals surface area (Å²) >= 11 is 1.54. The van der Waals surface area contributed by atoms with Gasteiger partial charge in [0.15, 0.2) is 0 Å². The van der Waals surface area contributed by atoms with E-state index in [0.717, 1.165) is 22.6 Å². The van der Waals surface area contributed by atoms with E-state index in [-0.39, 0.29) is 5.91 Å². The highest BCUT2D eigenvalue weighted by Crippen LogP contribution is 2.12. The van der Waals surface area contributed by atoms with Crippen molar-refractivity contribution in [3.05, 3.63) is 54.2 Å². The fourth-order valence-electron chi connectivity index (χ4n) is 2.13. The molecule has 0 radical (unpaired) electrons. The van der Waals surface area contributed by atoms with E-state index in [4.69, 9.17) is 4.42 Å². The van der Waals surface area contributed by atoms with Crippen LogP contribution < -0.4 is 5.32 Å². The minimum atomic E-state index is 0.0349. The number of H-pyrrole nitrogens is 1. The lowest BCUT2D eigenvalue weighted by molar-refractivity contribution is -0.118. The van der Waals surface area contributed by atoms with Crippen LogP contribution in [0.2, 0.25) is 0 Å². The van der Waals surface area contributed by atoms with Gasteiger partial charge in [0.1, 0.15) is 11.6 Å². The van der Waals surface area contributed by atoms with E-state index in [9.17, 15) is 4.79 Å². The van der Waals surface area contributed by atoms with Gasteiger partial charge in [-0.05, 0) is 24.3 Å². The fraction of sp³-hybridized carbons (Fsp3) is 0.250. The van der Waals surface area contributed by atoms with E-state index in [1.807, 2.05) is 36.4 Å². The lowest BCUT2D eigenvalue weighted by Crippen LogP contribution is -2.27. The SMILES string of the molecule is O=C(CSCc1ccco1)NCCc1nc2ccccc2[nH]1. The summed E-state index contributed by atoms with van der Waals surface area (Å²) < 4.78 is 5.22. The molecular weight excluding hydrogens is 298 g/mol. The Morgan fingerprint density at radius 1 is 1.27 bits per heavy atom. The van der Waals surface area contributed by atoms with E-state index >= 15 is 0 Å². The number of nitrogens with one attached hydrogen (secondary N) is 2. The summed E-state index contributed by atoms with van der Waals surface area (Å²) in [6, 6.07) is 11.7. The molecule has 3 rings (SSSR count). The van der Waals surface area contributed by atoms with Crippen LogP contribution in [0.5, 0.6) is 0 Å². The minimum Gasteiger partial charge on any atom is -0.468 e. The van der Waals surface area contributed by atoms with E-state index in [2.05, 4.69) is 15.3 Å². The molecule has 2 heterocycles. The van der Waals surface area contributed by atoms with Gasteiger partial charge < -0.3 is 14.7 Å². The van der Waals surface area contributed by atoms with E-state index in [1.165, 1.54) is 11.8 Å². The van der Waals surface area contributed by atoms with Crippen LogP contribution in [0.25, 0.3) is 11.0 Å². The first-order chi connectivity index (χ1) is 10.8. The van der Waals surface area contributed by atoms with Crippen molar-refractivity contribution in [1.82, 2.24) is 15.3 Å². The molecule has 6 heteroatoms. The first-order valence-corrected chi connectivity index (χ1v) is 8.27. The molecular formula is C16H17N3O2S. The number of carbonyl (C=O) groups is 1. The molecule has 0 saturated heterocycles. The number of hydrogen-bond acceptors (Lipinski definition) is 4. The highest BCUT2D eigenvalue weighted by atomic mass is 32.2. The van der Waals surface area contributed by atoms with Gasteiger partial charge in [0.25, 0.3) is 0 Å². The third-order valence-electron chi connectivity index (χ3n) is 3.18. The van der Waals surface area contributed by atoms with Gasteiger partial charge in [-0.2, -0.15) is 0 Å². The molecule has 1 aromatic carbocycles. The number of thioether (sulfide) groups is 1. The van der Waals surface area contributed by atoms with Gasteiger partial charge in [-0.25, -0.2) is 4.98 Å². The molecule has 2 aromatic heterocycles. The Hall–Kier alpha value is -2.21. The van der Waals surface area contributed by atoms with Crippen LogP contribution in [0.3, 0.4) is 0 Å². The number of carbonyl (C=O) groups excluding carboxylic acids is 1. The van der Waals surface area contributed by atoms with Crippen LogP contribution in [0, 0.1) is 0 Å². The van der Waals surface area contributed by atoms with Crippen molar-refractivity contribution in [2.24, 2.45) is 0 Å². The molecule has 5 nitrogen and oxygen atoms in total. The molecule has 0 atom stereocenters. The average Bonchev–Trinajstić information content (AvgIpc) is 3.15. The second-order valence-electron chi connectivity index (χ2n) is 4.87. The van der Waals surface area contributed by atoms with Gasteiger partial charge in [0.05, 0.1) is 28.8 Å². The predicted octanol–water partition coefficient (Wildman–Crippen LogP) is 2.75. The summed E-state index contributed by atoms with van der Waals surface area (Å²) in [5.41, 5.74) is 1.98. The van der Waals surface area contributed by atoms with Gasteiger partial charge in [-0.15, -0.1) is 11.8 Å². The Bertz CT molecular complexity index is 704. The molecule has 0 unspecified atom stereocenters. The van der Waals surface area contributed by atoms with Gasteiger partial charge in [0, 0.05) is 13.0 Å². The van der Waals surface area contributed by atoms with Crippen molar-refractivity contribution >= 4 is 28.7 Å². The van der Waals surface area contributed by atoms with Crippen molar-refractivity contribution in [3.8, 4) is 0 Å². The highest BCUT2D eigenvalue weighted by Gasteiger charge is 2.05. The number of aromatic amines is 1. The number of para-hydroxylation sites is 2. The average molecular weight is 315 g/mol. The summed E-state index contributed by atoms with van der Waals surface area (Å²) in [5.74, 6) is 2.96. The maximum Gasteiger partial charge on any atom is 0.230 e. The second-order valence-corrected chi connectivity index (χ2v) is 5.86. The number of nitrogens with zero attached hydrogens (tertiary/aromatic N) is 1. The Morgan fingerprint density at radius 3 is 3.00 bits per heavy atom. The number of benzene rings is 1. The smallest absolute Gasteiger partial charge is 0.230 e. The topological polar surface area (TPSA) is 70.9 Å². The molecule has 114 valence electrons. The highest BCUT2D eigenvalue weighted by molar-refractivity contribution is 7.99. The van der Waals surface area contributed by atoms with E-state index in [1.54, 1.807) is 6.26 Å². The zero-order valence-corrected chi connectivity index (χ0v) is 12.9. The lowest BCUT2D eigenvalue weighted by atomic mass is 10.3. The molecule has 3 aromatic rings. The van der Waals surface area contributed by atoms with Crippen molar-refractivity contribution in [2.45, 2.75) is 12.2 Å². The summed E-state index contributed by atoms with van der Waals surface area (Å²) in [4.78, 5) is 19.5. The molecule has 22 heavy (non-hydrogen) atoms. The zero-order chi connectivity index (χ0) is 15.2. The quantitative estimate of drug-likeness (QED) is 0.703. The monoisotopic (exact) mass is 315 g/mol. The standard InChI is InChI=1S/C16H17N3O2S/c20-16(11-22-10-12-4-3-9-21-12)17-8-7-15-18-13-5-1-2-6-14(13)19-15/h1-6,9H,7-8,10-11H2,(H,17,20)(H,18,19). The predicted molar refractivity (Wildman–Crippen MR) is 87.7 cm³/mol. The normalized spacial score (nSPS) is 10.9. The number of imidazole rings is 1. The number of furan rings is 1. The summed E-state index contributed by atoms with van der Waals surface area (Å²) in [6.45, 7) is 0.583. The maximum absolute atomic E-state index is 11.7. The number of aromatic nitrogens is 2. The van der Waals surface area contributed by atoms with Crippen molar-refractivity contribution in [3.63, 3.8) is 0 Å². The van der Waals surface area contributed by atoms with Crippen LogP contribution in [-0.2, 0) is 17.0 Å². The van der Waals surface area contributed by atoms with Crippen LogP contribution >= 0.6 is 11.8 Å². The van der Waals surface area contributed by atoms with Gasteiger partial charge in [0.2, 0.25) is 5.91 Å². The largest absolute Gasteiger partial charge is 0.468 e. The zero-order valence-electron chi connectivity index (χ0n) is 12.0. The van der Waals surface area contributed by atoms with Gasteiger partial charge in [-0.1, -0.05) is 12.1 Å². The van der Waals surface area contributed by atoms with Crippen molar-refractivity contribution < 1.29 is 9.21 Å². The molecule has 2 N–H and O–H groups in total. The molecule has 1 amide bonds. The molecule has 0 spiro atoms. The van der Waals surface area contributed by atoms with E-state index in [0.29, 0.717) is 24.5 Å². The number of amides is 1. The molecule has 0 aliphatic rings. The molecule has 0 fully saturated rings. The third-order valence-corrected chi connectivity index (χ3v) is 4.13. The molecule has 0 bridgehead atoms. The van der Waals surface area contributed by atoms with Crippen LogP contribution in [0.4, 0.5) is 0 Å². The Morgan fingerprint density at radius 2 is 2.18 bits per heavy atom. The summed E-state index contributed by atoms with van der Waals surface area (Å²) in [7, 11) is 0. The molecule has 0 aliphatic carbocycles. The lowest BCUT2D eigenvalue weighted by Gasteiger charge is -2.03. The van der Waals surface area contributed by atoms with Crippen molar-refractivity contribution in [2.75, 3.05) is 12.3 Å². The van der Waals surface area contributed by atoms with Crippen LogP contribution in [0.15, 0.2) is 47.1 Å². The second kappa shape index (κ2) is 7.17. The first kappa shape index (κ1) is 14.7. The van der Waals surface area contributed by atoms with Gasteiger partial charge >= 0.3 is 0 Å². The first-order valence-electron chi connectivity index (χ1n) is 7.12. The van der Waals surface area contributed by atoms with E-state index < -0.39 is 0 Å². The van der Waals surface area contributed by atoms with Crippen molar-refractivity contribution in [1.29, 1.82) is 0 Å². The molecule has 0 saturated carbocycles. The Labute approximate surface area is 132 Å². The van der Waals surface area contributed by atoms with Crippen LogP contribution in [-0.4, -0.2) is 28.2 Å². The maximum atomic E-state index is 11.7. The summed E-state index contributed by atoms with van der Waals surface area (Å²) in [5, 5.41) is 2.91. The Balaban J connectivity index is 1.38. The molecule has 0 aliphatic heterocycles. The number of rotatable bonds is 7. The minimum absolute atomic E-state index is 0.0349. The third kappa shape index (κ3) is 3.92. The number of fused-ring (bicyclic) bond motifs is 1. The Kier molecular flexibility index (Phi) is 4.80. The van der Waals surface area contributed by atoms with Gasteiger partial charge in [-0.3, -0.25) is 4.79 Å². The number of hydrogen-bond donors (Lipinski definition) is 2.